The Hall–Kier alpha value is -2.25. The van der Waals surface area contributed by atoms with Crippen LogP contribution in [0.1, 0.15) is 5.69 Å². The summed E-state index contributed by atoms with van der Waals surface area (Å²) >= 11 is 0. The predicted molar refractivity (Wildman–Crippen MR) is 63.9 cm³/mol. The summed E-state index contributed by atoms with van der Waals surface area (Å²) in [6.07, 6.45) is -2.93. The first-order valence-electron chi connectivity index (χ1n) is 5.65. The van der Waals surface area contributed by atoms with Gasteiger partial charge in [-0.05, 0) is 18.2 Å². The third-order valence-electron chi connectivity index (χ3n) is 2.36. The molecule has 0 bridgehead atoms. The number of halogens is 4. The second-order valence-corrected chi connectivity index (χ2v) is 3.98. The van der Waals surface area contributed by atoms with Crippen molar-refractivity contribution >= 4 is 5.69 Å². The summed E-state index contributed by atoms with van der Waals surface area (Å²) in [7, 11) is 0. The lowest BCUT2D eigenvalue weighted by molar-refractivity contribution is -0.153. The van der Waals surface area contributed by atoms with E-state index >= 15 is 0 Å². The van der Waals surface area contributed by atoms with Gasteiger partial charge in [0.2, 0.25) is 0 Å². The number of nitrogens with zero attached hydrogens (tertiary/aromatic N) is 1. The van der Waals surface area contributed by atoms with Crippen molar-refractivity contribution in [2.24, 2.45) is 0 Å². The average Bonchev–Trinajstić information content (AvgIpc) is 2.87. The van der Waals surface area contributed by atoms with Gasteiger partial charge in [-0.1, -0.05) is 0 Å². The Labute approximate surface area is 111 Å². The third-order valence-corrected chi connectivity index (χ3v) is 2.36. The van der Waals surface area contributed by atoms with E-state index in [1.807, 2.05) is 0 Å². The van der Waals surface area contributed by atoms with Gasteiger partial charge in [-0.25, -0.2) is 4.39 Å². The molecule has 0 fully saturated rings. The highest BCUT2D eigenvalue weighted by molar-refractivity contribution is 5.56. The van der Waals surface area contributed by atoms with Crippen molar-refractivity contribution in [3.63, 3.8) is 0 Å². The molecular formula is C12H11F4N3O. The minimum atomic E-state index is -4.48. The molecule has 0 radical (unpaired) electrons. The van der Waals surface area contributed by atoms with Crippen LogP contribution in [0.15, 0.2) is 30.5 Å². The van der Waals surface area contributed by atoms with E-state index in [2.05, 4.69) is 20.3 Å². The largest absolute Gasteiger partial charge is 0.482 e. The van der Waals surface area contributed by atoms with E-state index in [9.17, 15) is 17.6 Å². The Morgan fingerprint density at radius 3 is 2.70 bits per heavy atom. The molecular weight excluding hydrogens is 278 g/mol. The van der Waals surface area contributed by atoms with E-state index in [4.69, 9.17) is 0 Å². The zero-order valence-corrected chi connectivity index (χ0v) is 10.2. The quantitative estimate of drug-likeness (QED) is 0.832. The fourth-order valence-corrected chi connectivity index (χ4v) is 1.49. The van der Waals surface area contributed by atoms with Crippen LogP contribution in [0.5, 0.6) is 5.75 Å². The maximum Gasteiger partial charge on any atom is 0.422 e. The number of H-pyrrole nitrogens is 1. The van der Waals surface area contributed by atoms with Crippen LogP contribution in [-0.4, -0.2) is 23.0 Å². The molecule has 0 unspecified atom stereocenters. The maximum absolute atomic E-state index is 13.1. The summed E-state index contributed by atoms with van der Waals surface area (Å²) in [4.78, 5) is 0. The third kappa shape index (κ3) is 4.15. The van der Waals surface area contributed by atoms with Crippen molar-refractivity contribution in [2.45, 2.75) is 12.7 Å². The predicted octanol–water partition coefficient (Wildman–Crippen LogP) is 3.10. The van der Waals surface area contributed by atoms with Gasteiger partial charge in [0.05, 0.1) is 17.9 Å². The van der Waals surface area contributed by atoms with Crippen LogP contribution in [0.25, 0.3) is 0 Å². The fraction of sp³-hybridized carbons (Fsp3) is 0.250. The molecule has 0 aliphatic rings. The van der Waals surface area contributed by atoms with Crippen LogP contribution < -0.4 is 10.1 Å². The standard InChI is InChI=1S/C12H11F4N3O/c13-8-1-2-10(17-6-9-3-4-18-19-9)11(5-8)20-7-12(14,15)16/h1-5,17H,6-7H2,(H,18,19). The summed E-state index contributed by atoms with van der Waals surface area (Å²) in [6, 6.07) is 5.06. The first-order chi connectivity index (χ1) is 9.44. The summed E-state index contributed by atoms with van der Waals surface area (Å²) in [6.45, 7) is -1.18. The van der Waals surface area contributed by atoms with Gasteiger partial charge in [0.15, 0.2) is 6.61 Å². The number of ether oxygens (including phenoxy) is 1. The van der Waals surface area contributed by atoms with Crippen molar-refractivity contribution in [1.29, 1.82) is 0 Å². The summed E-state index contributed by atoms with van der Waals surface area (Å²) in [5.41, 5.74) is 1.00. The van der Waals surface area contributed by atoms with E-state index in [1.54, 1.807) is 12.3 Å². The molecule has 1 aromatic carbocycles. The van der Waals surface area contributed by atoms with Crippen molar-refractivity contribution in [1.82, 2.24) is 10.2 Å². The minimum Gasteiger partial charge on any atom is -0.482 e. The second-order valence-electron chi connectivity index (χ2n) is 3.98. The Morgan fingerprint density at radius 2 is 2.05 bits per heavy atom. The molecule has 0 amide bonds. The fourth-order valence-electron chi connectivity index (χ4n) is 1.49. The van der Waals surface area contributed by atoms with Crippen LogP contribution in [0.3, 0.4) is 0 Å². The highest BCUT2D eigenvalue weighted by atomic mass is 19.4. The number of nitrogens with one attached hydrogen (secondary N) is 2. The van der Waals surface area contributed by atoms with E-state index in [-0.39, 0.29) is 11.4 Å². The Kier molecular flexibility index (Phi) is 4.11. The number of hydrogen-bond acceptors (Lipinski definition) is 3. The molecule has 0 aliphatic heterocycles. The Morgan fingerprint density at radius 1 is 1.25 bits per heavy atom. The van der Waals surface area contributed by atoms with Crippen LogP contribution in [-0.2, 0) is 6.54 Å². The van der Waals surface area contributed by atoms with Gasteiger partial charge < -0.3 is 10.1 Å². The van der Waals surface area contributed by atoms with E-state index in [1.165, 1.54) is 6.07 Å². The molecule has 0 saturated carbocycles. The lowest BCUT2D eigenvalue weighted by atomic mass is 10.2. The van der Waals surface area contributed by atoms with Gasteiger partial charge in [0.1, 0.15) is 11.6 Å². The molecule has 2 N–H and O–H groups in total. The van der Waals surface area contributed by atoms with Gasteiger partial charge in [-0.3, -0.25) is 5.10 Å². The van der Waals surface area contributed by atoms with Crippen LogP contribution in [0.4, 0.5) is 23.2 Å². The highest BCUT2D eigenvalue weighted by Gasteiger charge is 2.28. The number of anilines is 1. The van der Waals surface area contributed by atoms with E-state index in [0.717, 1.165) is 17.8 Å². The lowest BCUT2D eigenvalue weighted by Gasteiger charge is -2.14. The summed E-state index contributed by atoms with van der Waals surface area (Å²) in [5.74, 6) is -0.865. The first kappa shape index (κ1) is 14.2. The SMILES string of the molecule is Fc1ccc(NCc2ccn[nH]2)c(OCC(F)(F)F)c1. The number of alkyl halides is 3. The molecule has 0 aliphatic carbocycles. The summed E-state index contributed by atoms with van der Waals surface area (Å²) < 4.78 is 54.1. The zero-order chi connectivity index (χ0) is 14.6. The van der Waals surface area contributed by atoms with E-state index in [0.29, 0.717) is 6.54 Å². The molecule has 1 aromatic heterocycles. The van der Waals surface area contributed by atoms with Crippen molar-refractivity contribution < 1.29 is 22.3 Å². The summed E-state index contributed by atoms with van der Waals surface area (Å²) in [5, 5.41) is 9.27. The number of benzene rings is 1. The highest BCUT2D eigenvalue weighted by Crippen LogP contribution is 2.27. The molecule has 0 spiro atoms. The van der Waals surface area contributed by atoms with Gasteiger partial charge in [0.25, 0.3) is 0 Å². The molecule has 2 aromatic rings. The van der Waals surface area contributed by atoms with Gasteiger partial charge in [-0.2, -0.15) is 18.3 Å². The smallest absolute Gasteiger partial charge is 0.422 e. The molecule has 0 saturated heterocycles. The van der Waals surface area contributed by atoms with Gasteiger partial charge in [0, 0.05) is 12.3 Å². The molecule has 20 heavy (non-hydrogen) atoms. The number of hydrogen-bond donors (Lipinski definition) is 2. The number of aromatic amines is 1. The minimum absolute atomic E-state index is 0.193. The van der Waals surface area contributed by atoms with Crippen molar-refractivity contribution in [3.8, 4) is 5.75 Å². The lowest BCUT2D eigenvalue weighted by Crippen LogP contribution is -2.19. The second kappa shape index (κ2) is 5.81. The van der Waals surface area contributed by atoms with Crippen LogP contribution in [0, 0.1) is 5.82 Å². The van der Waals surface area contributed by atoms with Crippen LogP contribution >= 0.6 is 0 Å². The Balaban J connectivity index is 2.07. The van der Waals surface area contributed by atoms with Crippen LogP contribution in [0.2, 0.25) is 0 Å². The van der Waals surface area contributed by atoms with E-state index < -0.39 is 18.6 Å². The molecule has 108 valence electrons. The Bertz CT molecular complexity index is 554. The normalized spacial score (nSPS) is 11.4. The molecule has 8 heteroatoms. The van der Waals surface area contributed by atoms with Gasteiger partial charge in [-0.15, -0.1) is 0 Å². The van der Waals surface area contributed by atoms with Gasteiger partial charge >= 0.3 is 6.18 Å². The molecule has 2 rings (SSSR count). The molecule has 1 heterocycles. The zero-order valence-electron chi connectivity index (χ0n) is 10.2. The number of rotatable bonds is 5. The molecule has 0 atom stereocenters. The van der Waals surface area contributed by atoms with Crippen molar-refractivity contribution in [3.05, 3.63) is 42.0 Å². The molecule has 4 nitrogen and oxygen atoms in total. The monoisotopic (exact) mass is 289 g/mol. The average molecular weight is 289 g/mol. The topological polar surface area (TPSA) is 49.9 Å². The first-order valence-corrected chi connectivity index (χ1v) is 5.65. The number of aromatic nitrogens is 2. The van der Waals surface area contributed by atoms with Crippen molar-refractivity contribution in [2.75, 3.05) is 11.9 Å². The maximum atomic E-state index is 13.1.